The summed E-state index contributed by atoms with van der Waals surface area (Å²) in [5.41, 5.74) is 0. The van der Waals surface area contributed by atoms with Crippen molar-refractivity contribution < 1.29 is 114 Å². The molecule has 0 spiro atoms. The summed E-state index contributed by atoms with van der Waals surface area (Å²) in [5, 5.41) is 1.02. The van der Waals surface area contributed by atoms with Gasteiger partial charge in [0.05, 0.1) is 37.4 Å². The normalized spacial score (nSPS) is 16.2. The number of aliphatic hydroxyl groups is 1. The summed E-state index contributed by atoms with van der Waals surface area (Å²) >= 11 is 0. The van der Waals surface area contributed by atoms with Gasteiger partial charge < -0.3 is 14.1 Å². The summed E-state index contributed by atoms with van der Waals surface area (Å²) in [6, 6.07) is 0. The minimum atomic E-state index is -9.25. The van der Waals surface area contributed by atoms with Gasteiger partial charge >= 0.3 is 52.9 Å². The highest BCUT2D eigenvalue weighted by Crippen LogP contribution is 2.65. The molecule has 0 bridgehead atoms. The summed E-state index contributed by atoms with van der Waals surface area (Å²) < 4.78 is 315. The Bertz CT molecular complexity index is 1330. The number of sulfonamides is 1. The quantitative estimate of drug-likeness (QED) is 0.116. The lowest BCUT2D eigenvalue weighted by molar-refractivity contribution is -0.890. The van der Waals surface area contributed by atoms with Crippen LogP contribution in [0.15, 0.2) is 0 Å². The van der Waals surface area contributed by atoms with Gasteiger partial charge in [-0.05, 0) is 6.42 Å². The Hall–Kier alpha value is -1.59. The molecular formula is C19H23F19N2O6S2. The smallest absolute Gasteiger partial charge is 0.460 e. The fourth-order valence-corrected chi connectivity index (χ4v) is 5.50. The van der Waals surface area contributed by atoms with E-state index in [2.05, 4.69) is 0 Å². The first-order valence-electron chi connectivity index (χ1n) is 12.1. The van der Waals surface area contributed by atoms with Crippen LogP contribution in [0.25, 0.3) is 0 Å². The number of rotatable bonds is 19. The van der Waals surface area contributed by atoms with E-state index in [1.807, 2.05) is 0 Å². The molecule has 8 nitrogen and oxygen atoms in total. The molecule has 0 aliphatic rings. The molecule has 0 aliphatic heterocycles. The van der Waals surface area contributed by atoms with Crippen molar-refractivity contribution in [3.63, 3.8) is 0 Å². The summed E-state index contributed by atoms with van der Waals surface area (Å²) in [6.07, 6.45) is -10.3. The lowest BCUT2D eigenvalue weighted by atomic mass is 9.89. The Kier molecular flexibility index (Phi) is 13.1. The molecule has 0 saturated carbocycles. The van der Waals surface area contributed by atoms with E-state index >= 15 is 0 Å². The number of likely N-dealkylation sites (N-methyl/N-ethyl adjacent to an activating group) is 1. The molecule has 1 N–H and O–H groups in total. The van der Waals surface area contributed by atoms with Crippen molar-refractivity contribution in [2.24, 2.45) is 0 Å². The maximum atomic E-state index is 14.7. The second-order valence-corrected chi connectivity index (χ2v) is 14.0. The van der Waals surface area contributed by atoms with Crippen LogP contribution in [0.1, 0.15) is 12.8 Å². The van der Waals surface area contributed by atoms with Crippen molar-refractivity contribution in [3.8, 4) is 0 Å². The third-order valence-corrected chi connectivity index (χ3v) is 9.17. The molecule has 0 aromatic rings. The first-order chi connectivity index (χ1) is 20.6. The zero-order chi connectivity index (χ0) is 39.2. The van der Waals surface area contributed by atoms with E-state index in [4.69, 9.17) is 5.11 Å². The summed E-state index contributed by atoms with van der Waals surface area (Å²) in [4.78, 5) is 0. The molecule has 48 heavy (non-hydrogen) atoms. The van der Waals surface area contributed by atoms with Crippen LogP contribution in [0.2, 0.25) is 0 Å². The third-order valence-electron chi connectivity index (χ3n) is 6.43. The lowest BCUT2D eigenvalue weighted by Crippen LogP contribution is -2.76. The van der Waals surface area contributed by atoms with Gasteiger partial charge in [-0.3, -0.25) is 0 Å². The maximum Gasteiger partial charge on any atom is 0.460 e. The first kappa shape index (κ1) is 46.4. The van der Waals surface area contributed by atoms with E-state index in [9.17, 15) is 105 Å². The van der Waals surface area contributed by atoms with E-state index < -0.39 is 122 Å². The van der Waals surface area contributed by atoms with E-state index in [1.54, 1.807) is 0 Å². The van der Waals surface area contributed by atoms with Crippen LogP contribution in [-0.2, 0) is 20.1 Å². The largest absolute Gasteiger partial charge is 0.748 e. The van der Waals surface area contributed by atoms with Gasteiger partial charge in [-0.15, -0.1) is 0 Å². The number of halogens is 19. The summed E-state index contributed by atoms with van der Waals surface area (Å²) in [5.74, 6) is -64.5. The van der Waals surface area contributed by atoms with Gasteiger partial charge in [0, 0.05) is 25.3 Å². The van der Waals surface area contributed by atoms with E-state index in [0.29, 0.717) is 0 Å². The molecule has 0 fully saturated rings. The van der Waals surface area contributed by atoms with E-state index in [1.165, 1.54) is 14.1 Å². The Balaban J connectivity index is 7.15. The van der Waals surface area contributed by atoms with Crippen LogP contribution < -0.4 is 0 Å². The van der Waals surface area contributed by atoms with Crippen LogP contribution in [0.3, 0.4) is 0 Å². The summed E-state index contributed by atoms with van der Waals surface area (Å²) in [6.45, 7) is -4.72. The van der Waals surface area contributed by atoms with Crippen molar-refractivity contribution in [3.05, 3.63) is 0 Å². The van der Waals surface area contributed by atoms with E-state index in [-0.39, 0.29) is 11.0 Å². The Morgan fingerprint density at radius 2 is 0.896 bits per heavy atom. The first-order valence-corrected chi connectivity index (χ1v) is 15.1. The van der Waals surface area contributed by atoms with Gasteiger partial charge in [-0.1, -0.05) is 0 Å². The second-order valence-electron chi connectivity index (χ2n) is 10.5. The van der Waals surface area contributed by atoms with Gasteiger partial charge in [0.2, 0.25) is 0 Å². The molecule has 0 atom stereocenters. The van der Waals surface area contributed by atoms with Crippen LogP contribution in [-0.4, -0.2) is 141 Å². The molecule has 0 aromatic carbocycles. The van der Waals surface area contributed by atoms with Crippen LogP contribution >= 0.6 is 0 Å². The van der Waals surface area contributed by atoms with Crippen LogP contribution in [0, 0.1) is 0 Å². The Labute approximate surface area is 257 Å². The van der Waals surface area contributed by atoms with Gasteiger partial charge in [0.25, 0.3) is 10.0 Å². The highest BCUT2D eigenvalue weighted by atomic mass is 32.2. The number of alkyl halides is 19. The van der Waals surface area contributed by atoms with Crippen molar-refractivity contribution in [2.75, 3.05) is 52.6 Å². The summed E-state index contributed by atoms with van der Waals surface area (Å²) in [7, 11) is -10.7. The monoisotopic (exact) mass is 800 g/mol. The van der Waals surface area contributed by atoms with Gasteiger partial charge in [-0.2, -0.15) is 87.7 Å². The SMILES string of the molecule is C[N+](C)(CCO)CCCN(CCCS(=O)(=O)[O-])S(=O)(=O)C(F)(F)C(F)(F)C(F)(F)C(F)(F)C(F)(F)C(F)(F)C(F)(F)C(F)(F)C(F)(F)F. The second kappa shape index (κ2) is 13.5. The van der Waals surface area contributed by atoms with Crippen molar-refractivity contribution in [1.82, 2.24) is 4.31 Å². The number of hydrogen-bond donors (Lipinski definition) is 1. The zero-order valence-corrected chi connectivity index (χ0v) is 25.2. The Morgan fingerprint density at radius 1 is 0.562 bits per heavy atom. The maximum absolute atomic E-state index is 14.7. The van der Waals surface area contributed by atoms with Crippen molar-refractivity contribution >= 4 is 20.1 Å². The fourth-order valence-electron chi connectivity index (χ4n) is 3.50. The number of aliphatic hydroxyl groups excluding tert-OH is 1. The van der Waals surface area contributed by atoms with Crippen molar-refractivity contribution in [1.29, 1.82) is 0 Å². The number of hydrogen-bond acceptors (Lipinski definition) is 6. The Morgan fingerprint density at radius 3 is 1.23 bits per heavy atom. The molecule has 29 heteroatoms. The predicted octanol–water partition coefficient (Wildman–Crippen LogP) is 4.61. The molecule has 0 rings (SSSR count). The van der Waals surface area contributed by atoms with Gasteiger partial charge in [0.15, 0.2) is 0 Å². The van der Waals surface area contributed by atoms with Gasteiger partial charge in [0.1, 0.15) is 6.54 Å². The molecule has 0 aromatic heterocycles. The molecular weight excluding hydrogens is 777 g/mol. The van der Waals surface area contributed by atoms with Gasteiger partial charge in [-0.25, -0.2) is 16.8 Å². The number of quaternary nitrogens is 1. The van der Waals surface area contributed by atoms with E-state index in [0.717, 1.165) is 0 Å². The highest BCUT2D eigenvalue weighted by molar-refractivity contribution is 7.90. The molecule has 290 valence electrons. The number of nitrogens with zero attached hydrogens (tertiary/aromatic N) is 2. The topological polar surface area (TPSA) is 115 Å². The molecule has 0 amide bonds. The minimum absolute atomic E-state index is 0.205. The average molecular weight is 800 g/mol. The zero-order valence-electron chi connectivity index (χ0n) is 23.5. The van der Waals surface area contributed by atoms with Crippen molar-refractivity contribution in [2.45, 2.75) is 65.7 Å². The molecule has 0 radical (unpaired) electrons. The highest BCUT2D eigenvalue weighted by Gasteiger charge is 2.97. The fraction of sp³-hybridized carbons (Fsp3) is 1.00. The predicted molar refractivity (Wildman–Crippen MR) is 119 cm³/mol. The molecule has 0 saturated heterocycles. The van der Waals surface area contributed by atoms with Crippen LogP contribution in [0.4, 0.5) is 83.4 Å². The lowest BCUT2D eigenvalue weighted by Gasteiger charge is -2.44. The molecule has 0 aliphatic carbocycles. The standard InChI is InChI=1S/C19H23F19N2O6S2/c1-40(2,8-9-41)7-3-5-39(6-4-10-47(42,43)44)48(45,46)19(37,38)17(32,33)15(28,29)13(24,25)11(20,21)12(22,23)14(26,27)16(30,31)18(34,35)36/h41H,3-10H2,1-2H3. The average Bonchev–Trinajstić information content (AvgIpc) is 2.85. The molecule has 0 unspecified atom stereocenters. The third kappa shape index (κ3) is 7.83. The minimum Gasteiger partial charge on any atom is -0.748 e. The molecule has 0 heterocycles. The van der Waals surface area contributed by atoms with Crippen LogP contribution in [0.5, 0.6) is 0 Å².